The molecule has 36 heavy (non-hydrogen) atoms. The molecule has 14 heteroatoms. The van der Waals surface area contributed by atoms with E-state index >= 15 is 0 Å². The molecule has 1 aromatic heterocycles. The fourth-order valence-electron chi connectivity index (χ4n) is 4.10. The van der Waals surface area contributed by atoms with Gasteiger partial charge in [0.05, 0.1) is 47.4 Å². The molecule has 11 nitrogen and oxygen atoms in total. The monoisotopic (exact) mass is 556 g/mol. The Kier molecular flexibility index (Phi) is 7.46. The van der Waals surface area contributed by atoms with E-state index in [0.29, 0.717) is 26.3 Å². The Balaban J connectivity index is 1.47. The summed E-state index contributed by atoms with van der Waals surface area (Å²) in [5.74, 6) is -0.331. The van der Waals surface area contributed by atoms with Gasteiger partial charge < -0.3 is 19.7 Å². The quantitative estimate of drug-likeness (QED) is 0.554. The minimum absolute atomic E-state index is 0.108. The van der Waals surface area contributed by atoms with Crippen LogP contribution < -0.4 is 19.9 Å². The highest BCUT2D eigenvalue weighted by molar-refractivity contribution is 7.88. The number of amides is 3. The molecule has 4 rings (SSSR count). The lowest BCUT2D eigenvalue weighted by Gasteiger charge is -2.33. The lowest BCUT2D eigenvalue weighted by molar-refractivity contribution is -0.119. The van der Waals surface area contributed by atoms with Gasteiger partial charge in [-0.15, -0.1) is 11.3 Å². The highest BCUT2D eigenvalue weighted by Crippen LogP contribution is 2.37. The van der Waals surface area contributed by atoms with Crippen LogP contribution in [-0.2, 0) is 19.6 Å². The maximum atomic E-state index is 12.7. The predicted molar refractivity (Wildman–Crippen MR) is 136 cm³/mol. The van der Waals surface area contributed by atoms with Gasteiger partial charge in [-0.3, -0.25) is 14.5 Å². The average Bonchev–Trinajstić information content (AvgIpc) is 3.38. The number of carbonyl (C=O) groups excluding carboxylic acids is 3. The second-order valence-electron chi connectivity index (χ2n) is 8.34. The molecule has 0 saturated carbocycles. The van der Waals surface area contributed by atoms with E-state index < -0.39 is 28.3 Å². The Hall–Kier alpha value is -2.87. The number of sulfonamides is 1. The lowest BCUT2D eigenvalue weighted by Crippen LogP contribution is -2.52. The number of carbonyl (C=O) groups is 3. The topological polar surface area (TPSA) is 126 Å². The van der Waals surface area contributed by atoms with Crippen LogP contribution in [0.25, 0.3) is 0 Å². The van der Waals surface area contributed by atoms with Crippen LogP contribution in [0.15, 0.2) is 30.3 Å². The number of piperazine rings is 1. The third kappa shape index (κ3) is 5.28. The third-order valence-corrected chi connectivity index (χ3v) is 8.52. The number of methoxy groups -OCH3 is 1. The number of cyclic esters (lactones) is 1. The Morgan fingerprint density at radius 3 is 2.61 bits per heavy atom. The normalized spacial score (nSPS) is 21.0. The molecule has 0 aliphatic carbocycles. The molecule has 3 heterocycles. The zero-order chi connectivity index (χ0) is 26.2. The maximum Gasteiger partial charge on any atom is 0.415 e. The van der Waals surface area contributed by atoms with E-state index in [-0.39, 0.29) is 38.0 Å². The van der Waals surface area contributed by atoms with Crippen LogP contribution in [-0.4, -0.2) is 82.3 Å². The first-order chi connectivity index (χ1) is 17.0. The molecule has 0 radical (unpaired) electrons. The van der Waals surface area contributed by atoms with Crippen molar-refractivity contribution in [1.82, 2.24) is 9.62 Å². The van der Waals surface area contributed by atoms with E-state index in [0.717, 1.165) is 21.9 Å². The molecule has 1 aromatic carbocycles. The van der Waals surface area contributed by atoms with Gasteiger partial charge in [-0.25, -0.2) is 13.2 Å². The van der Waals surface area contributed by atoms with Gasteiger partial charge in [0.25, 0.3) is 5.91 Å². The molecule has 0 bridgehead atoms. The van der Waals surface area contributed by atoms with Gasteiger partial charge in [-0.05, 0) is 31.2 Å². The van der Waals surface area contributed by atoms with Gasteiger partial charge in [0.1, 0.15) is 11.9 Å². The highest BCUT2D eigenvalue weighted by atomic mass is 35.5. The minimum Gasteiger partial charge on any atom is -0.494 e. The summed E-state index contributed by atoms with van der Waals surface area (Å²) in [6.45, 7) is 2.02. The summed E-state index contributed by atoms with van der Waals surface area (Å²) in [6, 6.07) is 7.77. The molecule has 0 spiro atoms. The molecule has 2 unspecified atom stereocenters. The van der Waals surface area contributed by atoms with Crippen LogP contribution in [0.5, 0.6) is 5.75 Å². The largest absolute Gasteiger partial charge is 0.494 e. The fourth-order valence-corrected chi connectivity index (χ4v) is 5.82. The van der Waals surface area contributed by atoms with Gasteiger partial charge in [0, 0.05) is 24.8 Å². The third-order valence-electron chi connectivity index (χ3n) is 6.04. The zero-order valence-electron chi connectivity index (χ0n) is 19.8. The van der Waals surface area contributed by atoms with Gasteiger partial charge in [0.2, 0.25) is 15.9 Å². The average molecular weight is 557 g/mol. The first kappa shape index (κ1) is 26.2. The number of benzene rings is 1. The number of rotatable bonds is 7. The molecular weight excluding hydrogens is 532 g/mol. The van der Waals surface area contributed by atoms with Crippen molar-refractivity contribution < 1.29 is 32.3 Å². The van der Waals surface area contributed by atoms with E-state index in [1.165, 1.54) is 16.9 Å². The molecule has 194 valence electrons. The van der Waals surface area contributed by atoms with Crippen molar-refractivity contribution in [2.24, 2.45) is 0 Å². The van der Waals surface area contributed by atoms with Crippen molar-refractivity contribution >= 4 is 62.2 Å². The first-order valence-electron chi connectivity index (χ1n) is 11.0. The summed E-state index contributed by atoms with van der Waals surface area (Å²) in [5.41, 5.74) is 0.965. The summed E-state index contributed by atoms with van der Waals surface area (Å²) >= 11 is 7.04. The van der Waals surface area contributed by atoms with Crippen molar-refractivity contribution in [2.45, 2.75) is 19.1 Å². The fraction of sp³-hybridized carbons (Fsp3) is 0.409. The maximum absolute atomic E-state index is 12.7. The van der Waals surface area contributed by atoms with Gasteiger partial charge >= 0.3 is 6.09 Å². The van der Waals surface area contributed by atoms with E-state index in [1.54, 1.807) is 37.3 Å². The Morgan fingerprint density at radius 2 is 2.00 bits per heavy atom. The highest BCUT2D eigenvalue weighted by Gasteiger charge is 2.41. The SMILES string of the molecule is COc1cc(N2CCN(S(C)(=O)=O)CC2=O)ccc1N1C(=O)OC(CNC(=O)c2ccc(Cl)s2)C1C. The summed E-state index contributed by atoms with van der Waals surface area (Å²) in [5, 5.41) is 2.76. The van der Waals surface area contributed by atoms with Gasteiger partial charge in [-0.1, -0.05) is 11.6 Å². The minimum atomic E-state index is -3.47. The number of hydrogen-bond acceptors (Lipinski definition) is 8. The number of hydrogen-bond donors (Lipinski definition) is 1. The summed E-state index contributed by atoms with van der Waals surface area (Å²) in [6.07, 6.45) is -0.127. The Labute approximate surface area is 217 Å². The number of thiophene rings is 1. The van der Waals surface area contributed by atoms with Crippen molar-refractivity contribution in [3.8, 4) is 5.75 Å². The molecular formula is C22H25ClN4O7S2. The van der Waals surface area contributed by atoms with Crippen LogP contribution in [0.3, 0.4) is 0 Å². The summed E-state index contributed by atoms with van der Waals surface area (Å²) < 4.78 is 36.2. The number of halogens is 1. The van der Waals surface area contributed by atoms with E-state index in [9.17, 15) is 22.8 Å². The smallest absolute Gasteiger partial charge is 0.415 e. The van der Waals surface area contributed by atoms with Crippen molar-refractivity contribution in [3.05, 3.63) is 39.5 Å². The molecule has 2 saturated heterocycles. The van der Waals surface area contributed by atoms with E-state index in [1.807, 2.05) is 0 Å². The molecule has 3 amide bonds. The van der Waals surface area contributed by atoms with Crippen LogP contribution in [0.4, 0.5) is 16.2 Å². The van der Waals surface area contributed by atoms with Crippen LogP contribution >= 0.6 is 22.9 Å². The number of nitrogens with one attached hydrogen (secondary N) is 1. The Bertz CT molecular complexity index is 1300. The number of ether oxygens (including phenoxy) is 2. The summed E-state index contributed by atoms with van der Waals surface area (Å²) in [4.78, 5) is 41.1. The lowest BCUT2D eigenvalue weighted by atomic mass is 10.1. The van der Waals surface area contributed by atoms with Crippen LogP contribution in [0, 0.1) is 0 Å². The molecule has 2 atom stereocenters. The molecule has 2 fully saturated rings. The van der Waals surface area contributed by atoms with Crippen LogP contribution in [0.1, 0.15) is 16.6 Å². The molecule has 2 aromatic rings. The van der Waals surface area contributed by atoms with Crippen LogP contribution in [0.2, 0.25) is 4.34 Å². The van der Waals surface area contributed by atoms with Crippen molar-refractivity contribution in [1.29, 1.82) is 0 Å². The molecule has 2 aliphatic rings. The molecule has 1 N–H and O–H groups in total. The standard InChI is InChI=1S/C22H25ClN4O7S2/c1-13-17(11-24-21(29)18-6-7-19(23)35-18)34-22(30)27(13)15-5-4-14(10-16(15)33-2)26-9-8-25(12-20(26)28)36(3,31)32/h4-7,10,13,17H,8-9,11-12H2,1-3H3,(H,24,29). The van der Waals surface area contributed by atoms with E-state index in [2.05, 4.69) is 5.32 Å². The summed E-state index contributed by atoms with van der Waals surface area (Å²) in [7, 11) is -2.02. The van der Waals surface area contributed by atoms with E-state index in [4.69, 9.17) is 21.1 Å². The Morgan fingerprint density at radius 1 is 1.25 bits per heavy atom. The van der Waals surface area contributed by atoms with Gasteiger partial charge in [0.15, 0.2) is 0 Å². The second-order valence-corrected chi connectivity index (χ2v) is 12.0. The van der Waals surface area contributed by atoms with Gasteiger partial charge in [-0.2, -0.15) is 4.31 Å². The van der Waals surface area contributed by atoms with Crippen molar-refractivity contribution in [3.63, 3.8) is 0 Å². The second kappa shape index (κ2) is 10.2. The predicted octanol–water partition coefficient (Wildman–Crippen LogP) is 2.16. The first-order valence-corrected chi connectivity index (χ1v) is 14.0. The number of anilines is 2. The number of nitrogens with zero attached hydrogens (tertiary/aromatic N) is 3. The van der Waals surface area contributed by atoms with Crippen molar-refractivity contribution in [2.75, 3.05) is 49.3 Å². The zero-order valence-corrected chi connectivity index (χ0v) is 22.2. The molecule has 2 aliphatic heterocycles.